The molecule has 0 radical (unpaired) electrons. The number of nitro groups is 1. The molecule has 0 bridgehead atoms. The van der Waals surface area contributed by atoms with Crippen molar-refractivity contribution in [2.75, 3.05) is 5.33 Å². The predicted molar refractivity (Wildman–Crippen MR) is 52.7 cm³/mol. The van der Waals surface area contributed by atoms with E-state index in [1.165, 1.54) is 18.7 Å². The molecule has 76 valence electrons. The molecule has 7 heteroatoms. The minimum atomic E-state index is -0.585. The first kappa shape index (κ1) is 10.8. The van der Waals surface area contributed by atoms with Crippen molar-refractivity contribution >= 4 is 27.4 Å². The topological polar surface area (TPSA) is 78.0 Å². The molecule has 0 amide bonds. The second-order valence-corrected chi connectivity index (χ2v) is 3.28. The van der Waals surface area contributed by atoms with Gasteiger partial charge in [-0.05, 0) is 6.92 Å². The summed E-state index contributed by atoms with van der Waals surface area (Å²) < 4.78 is 1.23. The lowest BCUT2D eigenvalue weighted by atomic mass is 10.2. The van der Waals surface area contributed by atoms with Gasteiger partial charge in [0.25, 0.3) is 0 Å². The molecule has 0 spiro atoms. The van der Waals surface area contributed by atoms with E-state index in [4.69, 9.17) is 0 Å². The van der Waals surface area contributed by atoms with Crippen molar-refractivity contribution in [1.29, 1.82) is 0 Å². The number of carbonyl (C=O) groups is 1. The average Bonchev–Trinajstić information content (AvgIpc) is 2.39. The van der Waals surface area contributed by atoms with Gasteiger partial charge in [-0.15, -0.1) is 0 Å². The minimum absolute atomic E-state index is 0.0318. The summed E-state index contributed by atoms with van der Waals surface area (Å²) in [6.45, 7) is 1.50. The first-order valence-electron chi connectivity index (χ1n) is 3.76. The number of ketones is 1. The van der Waals surface area contributed by atoms with Crippen LogP contribution >= 0.6 is 15.9 Å². The molecule has 14 heavy (non-hydrogen) atoms. The summed E-state index contributed by atoms with van der Waals surface area (Å²) >= 11 is 2.96. The van der Waals surface area contributed by atoms with E-state index in [1.54, 1.807) is 0 Å². The Morgan fingerprint density at radius 3 is 2.71 bits per heavy atom. The molecule has 1 rings (SSSR count). The van der Waals surface area contributed by atoms with Crippen LogP contribution in [0.15, 0.2) is 0 Å². The average molecular weight is 262 g/mol. The van der Waals surface area contributed by atoms with Gasteiger partial charge in [0.1, 0.15) is 5.69 Å². The van der Waals surface area contributed by atoms with E-state index in [0.29, 0.717) is 0 Å². The van der Waals surface area contributed by atoms with Crippen LogP contribution in [0.2, 0.25) is 0 Å². The number of aromatic nitrogens is 2. The van der Waals surface area contributed by atoms with Crippen LogP contribution in [0.1, 0.15) is 16.2 Å². The molecule has 0 saturated carbocycles. The molecule has 0 aromatic carbocycles. The van der Waals surface area contributed by atoms with Gasteiger partial charge in [-0.1, -0.05) is 15.9 Å². The second kappa shape index (κ2) is 3.87. The largest absolute Gasteiger partial charge is 0.320 e. The number of halogens is 1. The van der Waals surface area contributed by atoms with Crippen molar-refractivity contribution in [3.63, 3.8) is 0 Å². The fourth-order valence-corrected chi connectivity index (χ4v) is 1.51. The molecular weight excluding hydrogens is 254 g/mol. The Labute approximate surface area is 88.2 Å². The summed E-state index contributed by atoms with van der Waals surface area (Å²) in [4.78, 5) is 21.4. The Morgan fingerprint density at radius 2 is 2.29 bits per heavy atom. The number of hydrogen-bond donors (Lipinski definition) is 0. The SMILES string of the molecule is Cc1nn(C)c(C(=O)CBr)c1[N+](=O)[O-]. The first-order valence-corrected chi connectivity index (χ1v) is 4.88. The summed E-state index contributed by atoms with van der Waals surface area (Å²) in [5.41, 5.74) is 0.0723. The van der Waals surface area contributed by atoms with Crippen LogP contribution < -0.4 is 0 Å². The number of carbonyl (C=O) groups excluding carboxylic acids is 1. The van der Waals surface area contributed by atoms with Gasteiger partial charge in [0, 0.05) is 7.05 Å². The van der Waals surface area contributed by atoms with Crippen molar-refractivity contribution in [1.82, 2.24) is 9.78 Å². The lowest BCUT2D eigenvalue weighted by Gasteiger charge is -1.96. The highest BCUT2D eigenvalue weighted by molar-refractivity contribution is 9.09. The van der Waals surface area contributed by atoms with Crippen LogP contribution in [-0.2, 0) is 7.05 Å². The Kier molecular flexibility index (Phi) is 3.00. The molecule has 0 aliphatic heterocycles. The maximum absolute atomic E-state index is 11.4. The molecule has 0 atom stereocenters. The van der Waals surface area contributed by atoms with Gasteiger partial charge in [0.15, 0.2) is 11.5 Å². The summed E-state index contributed by atoms with van der Waals surface area (Å²) in [5, 5.41) is 14.5. The molecule has 0 aliphatic carbocycles. The van der Waals surface area contributed by atoms with Crippen LogP contribution in [0.3, 0.4) is 0 Å². The van der Waals surface area contributed by atoms with E-state index in [9.17, 15) is 14.9 Å². The Morgan fingerprint density at radius 1 is 1.71 bits per heavy atom. The molecule has 0 fully saturated rings. The fourth-order valence-electron chi connectivity index (χ4n) is 1.24. The van der Waals surface area contributed by atoms with Crippen LogP contribution in [-0.4, -0.2) is 25.8 Å². The highest BCUT2D eigenvalue weighted by atomic mass is 79.9. The van der Waals surface area contributed by atoms with E-state index in [1.807, 2.05) is 0 Å². The molecule has 1 aromatic rings. The van der Waals surface area contributed by atoms with Crippen molar-refractivity contribution in [2.24, 2.45) is 7.05 Å². The van der Waals surface area contributed by atoms with E-state index >= 15 is 0 Å². The highest BCUT2D eigenvalue weighted by Crippen LogP contribution is 2.22. The number of aryl methyl sites for hydroxylation is 2. The molecule has 0 aliphatic rings. The summed E-state index contributed by atoms with van der Waals surface area (Å²) in [6, 6.07) is 0. The van der Waals surface area contributed by atoms with Crippen LogP contribution in [0, 0.1) is 17.0 Å². The van der Waals surface area contributed by atoms with Gasteiger partial charge >= 0.3 is 5.69 Å². The number of hydrogen-bond acceptors (Lipinski definition) is 4. The third kappa shape index (κ3) is 1.67. The third-order valence-corrected chi connectivity index (χ3v) is 2.27. The van der Waals surface area contributed by atoms with Crippen LogP contribution in [0.5, 0.6) is 0 Å². The summed E-state index contributed by atoms with van der Waals surface area (Å²) in [5.74, 6) is -0.347. The van der Waals surface area contributed by atoms with Crippen molar-refractivity contribution in [3.8, 4) is 0 Å². The minimum Gasteiger partial charge on any atom is -0.291 e. The zero-order valence-electron chi connectivity index (χ0n) is 7.65. The maximum atomic E-state index is 11.4. The molecule has 1 heterocycles. The van der Waals surface area contributed by atoms with Gasteiger partial charge in [0.05, 0.1) is 10.3 Å². The summed E-state index contributed by atoms with van der Waals surface area (Å²) in [7, 11) is 1.51. The smallest absolute Gasteiger partial charge is 0.291 e. The Balaban J connectivity index is 3.39. The molecule has 0 unspecified atom stereocenters. The predicted octanol–water partition coefficient (Wildman–Crippen LogP) is 1.21. The highest BCUT2D eigenvalue weighted by Gasteiger charge is 2.27. The van der Waals surface area contributed by atoms with Crippen LogP contribution in [0.25, 0.3) is 0 Å². The second-order valence-electron chi connectivity index (χ2n) is 2.72. The Bertz CT molecular complexity index is 399. The van der Waals surface area contributed by atoms with Crippen molar-refractivity contribution in [2.45, 2.75) is 6.92 Å². The third-order valence-electron chi connectivity index (χ3n) is 1.76. The van der Waals surface area contributed by atoms with Crippen molar-refractivity contribution < 1.29 is 9.72 Å². The van der Waals surface area contributed by atoms with E-state index in [0.717, 1.165) is 0 Å². The van der Waals surface area contributed by atoms with Crippen LogP contribution in [0.4, 0.5) is 5.69 Å². The lowest BCUT2D eigenvalue weighted by Crippen LogP contribution is -2.09. The van der Waals surface area contributed by atoms with E-state index in [-0.39, 0.29) is 28.2 Å². The van der Waals surface area contributed by atoms with Gasteiger partial charge in [0.2, 0.25) is 0 Å². The monoisotopic (exact) mass is 261 g/mol. The number of alkyl halides is 1. The standard InChI is InChI=1S/C7H8BrN3O3/c1-4-6(11(13)14)7(5(12)3-8)10(2)9-4/h3H2,1-2H3. The van der Waals surface area contributed by atoms with Gasteiger partial charge in [-0.3, -0.25) is 19.6 Å². The molecule has 1 aromatic heterocycles. The summed E-state index contributed by atoms with van der Waals surface area (Å²) in [6.07, 6.45) is 0. The van der Waals surface area contributed by atoms with Gasteiger partial charge in [-0.25, -0.2) is 0 Å². The Hall–Kier alpha value is -1.24. The first-order chi connectivity index (χ1) is 6.49. The molecule has 0 saturated heterocycles. The quantitative estimate of drug-likeness (QED) is 0.355. The van der Waals surface area contributed by atoms with E-state index < -0.39 is 4.92 Å². The zero-order chi connectivity index (χ0) is 10.9. The molecule has 0 N–H and O–H groups in total. The van der Waals surface area contributed by atoms with Gasteiger partial charge < -0.3 is 0 Å². The lowest BCUT2D eigenvalue weighted by molar-refractivity contribution is -0.385. The maximum Gasteiger partial charge on any atom is 0.320 e. The number of Topliss-reactive ketones (excluding diaryl/α,β-unsaturated/α-hetero) is 1. The zero-order valence-corrected chi connectivity index (χ0v) is 9.24. The molecule has 6 nitrogen and oxygen atoms in total. The van der Waals surface area contributed by atoms with E-state index in [2.05, 4.69) is 21.0 Å². The van der Waals surface area contributed by atoms with Gasteiger partial charge in [-0.2, -0.15) is 5.10 Å². The normalized spacial score (nSPS) is 10.2. The number of nitrogens with zero attached hydrogens (tertiary/aromatic N) is 3. The van der Waals surface area contributed by atoms with Crippen molar-refractivity contribution in [3.05, 3.63) is 21.5 Å². The molecular formula is C7H8BrN3O3. The number of rotatable bonds is 3. The fraction of sp³-hybridized carbons (Fsp3) is 0.429.